The second kappa shape index (κ2) is 16.5. The van der Waals surface area contributed by atoms with Crippen LogP contribution < -0.4 is 13.9 Å². The predicted molar refractivity (Wildman–Crippen MR) is 286 cm³/mol. The van der Waals surface area contributed by atoms with Crippen LogP contribution in [0.25, 0.3) is 38.8 Å². The van der Waals surface area contributed by atoms with Crippen LogP contribution in [0.15, 0.2) is 176 Å². The second-order valence-corrected chi connectivity index (χ2v) is 22.1. The Hall–Kier alpha value is -7.33. The Bertz CT molecular complexity index is 3460. The summed E-state index contributed by atoms with van der Waals surface area (Å²) in [6, 6.07) is 65.0. The molecule has 7 aromatic carbocycles. The maximum absolute atomic E-state index is 6.85. The Kier molecular flexibility index (Phi) is 10.8. The van der Waals surface area contributed by atoms with E-state index in [0.29, 0.717) is 0 Å². The first-order valence-electron chi connectivity index (χ1n) is 23.9. The van der Waals surface area contributed by atoms with Crippen molar-refractivity contribution >= 4 is 50.6 Å². The van der Waals surface area contributed by atoms with Crippen LogP contribution >= 0.6 is 0 Å². The molecule has 2 aromatic heterocycles. The summed E-state index contributed by atoms with van der Waals surface area (Å²) in [6.45, 7) is 25.2. The SMILES string of the molecule is CC(C)(C)c1cccc(-c2cccc3c2[N+](c2cc(C(C)(C)C)cc(C(C)(C)C)c2)=C=[N+]3c2cccc(Oc3ccc4c5ccccc5n(-c5cc(C(C)(C)c6ccccc6)ccn5)c4c3)c2)c1. The van der Waals surface area contributed by atoms with Crippen molar-refractivity contribution in [2.75, 3.05) is 0 Å². The Labute approximate surface area is 402 Å². The van der Waals surface area contributed by atoms with Crippen LogP contribution in [0.5, 0.6) is 11.5 Å². The molecular weight excluding hydrogens is 829 g/mol. The van der Waals surface area contributed by atoms with Gasteiger partial charge in [-0.15, -0.1) is 0 Å². The maximum Gasteiger partial charge on any atom is 0.503 e. The Morgan fingerprint density at radius 1 is 0.456 bits per heavy atom. The lowest BCUT2D eigenvalue weighted by molar-refractivity contribution is 0.483. The first kappa shape index (κ1) is 44.5. The molecular formula is C63H62N4O+2. The van der Waals surface area contributed by atoms with Gasteiger partial charge in [0.25, 0.3) is 5.69 Å². The highest BCUT2D eigenvalue weighted by Crippen LogP contribution is 2.46. The van der Waals surface area contributed by atoms with Crippen molar-refractivity contribution in [1.82, 2.24) is 18.7 Å². The van der Waals surface area contributed by atoms with E-state index in [1.807, 2.05) is 12.3 Å². The highest BCUT2D eigenvalue weighted by molar-refractivity contribution is 6.09. The van der Waals surface area contributed by atoms with E-state index in [0.717, 1.165) is 62.0 Å². The molecule has 0 saturated heterocycles. The van der Waals surface area contributed by atoms with Crippen LogP contribution in [0.3, 0.4) is 0 Å². The second-order valence-electron chi connectivity index (χ2n) is 22.1. The summed E-state index contributed by atoms with van der Waals surface area (Å²) in [5, 5.41) is 2.31. The molecule has 0 amide bonds. The molecule has 5 heteroatoms. The van der Waals surface area contributed by atoms with Gasteiger partial charge in [0.05, 0.1) is 22.7 Å². The van der Waals surface area contributed by atoms with E-state index in [4.69, 9.17) is 9.72 Å². The number of pyridine rings is 1. The molecule has 5 nitrogen and oxygen atoms in total. The van der Waals surface area contributed by atoms with E-state index in [2.05, 4.69) is 260 Å². The first-order chi connectivity index (χ1) is 32.3. The van der Waals surface area contributed by atoms with Crippen molar-refractivity contribution in [3.05, 3.63) is 204 Å². The van der Waals surface area contributed by atoms with Crippen LogP contribution in [-0.2, 0) is 21.7 Å². The van der Waals surface area contributed by atoms with E-state index >= 15 is 0 Å². The quantitative estimate of drug-likeness (QED) is 0.142. The molecule has 0 fully saturated rings. The van der Waals surface area contributed by atoms with Gasteiger partial charge < -0.3 is 4.74 Å². The Balaban J connectivity index is 1.09. The van der Waals surface area contributed by atoms with Gasteiger partial charge in [0.1, 0.15) is 17.3 Å². The lowest BCUT2D eigenvalue weighted by Crippen LogP contribution is -2.19. The summed E-state index contributed by atoms with van der Waals surface area (Å²) in [5.74, 6) is 2.34. The molecule has 338 valence electrons. The number of aromatic nitrogens is 2. The summed E-state index contributed by atoms with van der Waals surface area (Å²) >= 11 is 0. The summed E-state index contributed by atoms with van der Waals surface area (Å²) in [5.41, 5.74) is 14.7. The number of para-hydroxylation sites is 2. The fourth-order valence-electron chi connectivity index (χ4n) is 9.56. The van der Waals surface area contributed by atoms with E-state index in [1.165, 1.54) is 38.8 Å². The number of ether oxygens (including phenoxy) is 1. The molecule has 0 bridgehead atoms. The minimum Gasteiger partial charge on any atom is -0.457 e. The van der Waals surface area contributed by atoms with Gasteiger partial charge in [-0.1, -0.05) is 167 Å². The van der Waals surface area contributed by atoms with Gasteiger partial charge in [-0.05, 0) is 101 Å². The lowest BCUT2D eigenvalue weighted by atomic mass is 9.78. The van der Waals surface area contributed by atoms with Gasteiger partial charge in [0.2, 0.25) is 11.4 Å². The number of hydrogen-bond acceptors (Lipinski definition) is 2. The smallest absolute Gasteiger partial charge is 0.457 e. The van der Waals surface area contributed by atoms with E-state index in [-0.39, 0.29) is 21.7 Å². The highest BCUT2D eigenvalue weighted by atomic mass is 16.5. The molecule has 0 N–H and O–H groups in total. The Morgan fingerprint density at radius 2 is 1.10 bits per heavy atom. The third kappa shape index (κ3) is 8.16. The van der Waals surface area contributed by atoms with E-state index < -0.39 is 0 Å². The number of rotatable bonds is 8. The van der Waals surface area contributed by atoms with E-state index in [1.54, 1.807) is 0 Å². The van der Waals surface area contributed by atoms with Crippen molar-refractivity contribution in [2.45, 2.75) is 97.8 Å². The van der Waals surface area contributed by atoms with E-state index in [9.17, 15) is 0 Å². The summed E-state index contributed by atoms with van der Waals surface area (Å²) in [4.78, 5) is 4.98. The fourth-order valence-corrected chi connectivity index (χ4v) is 9.56. The Morgan fingerprint density at radius 3 is 1.84 bits per heavy atom. The standard InChI is InChI=1S/C63H62N4O/c1-60(2,3)44-23-17-20-42(34-44)52-27-19-29-56-59(52)66(49-36-46(61(4,5)6)35-47(37-49)62(7,8)9)41-65(56)48-24-18-25-50(39-48)68-51-30-31-54-53-26-15-16-28-55(53)67(57(54)40-51)58-38-45(32-33-64-58)63(10,11)43-21-13-12-14-22-43/h12-40H,1-11H3/q+2. The summed E-state index contributed by atoms with van der Waals surface area (Å²) in [6.07, 6.45) is 1.93. The zero-order valence-electron chi connectivity index (χ0n) is 41.4. The topological polar surface area (TPSA) is 33.1 Å². The molecule has 1 aliphatic rings. The molecule has 0 spiro atoms. The molecule has 1 aliphatic heterocycles. The summed E-state index contributed by atoms with van der Waals surface area (Å²) in [7, 11) is 0. The maximum atomic E-state index is 6.85. The van der Waals surface area contributed by atoms with Gasteiger partial charge in [0.15, 0.2) is 0 Å². The van der Waals surface area contributed by atoms with Crippen molar-refractivity contribution in [3.63, 3.8) is 0 Å². The van der Waals surface area contributed by atoms with Gasteiger partial charge in [-0.3, -0.25) is 4.57 Å². The van der Waals surface area contributed by atoms with Crippen molar-refractivity contribution < 1.29 is 4.74 Å². The monoisotopic (exact) mass is 890 g/mol. The number of benzene rings is 7. The highest BCUT2D eigenvalue weighted by Gasteiger charge is 2.41. The van der Waals surface area contributed by atoms with Crippen molar-refractivity contribution in [1.29, 1.82) is 0 Å². The zero-order chi connectivity index (χ0) is 47.8. The molecule has 0 atom stereocenters. The third-order valence-corrected chi connectivity index (χ3v) is 13.8. The lowest BCUT2D eigenvalue weighted by Gasteiger charge is -2.26. The predicted octanol–water partition coefficient (Wildman–Crippen LogP) is 16.7. The molecule has 3 heterocycles. The zero-order valence-corrected chi connectivity index (χ0v) is 41.4. The van der Waals surface area contributed by atoms with Gasteiger partial charge in [-0.2, -0.15) is 0 Å². The molecule has 0 radical (unpaired) electrons. The van der Waals surface area contributed by atoms with Crippen LogP contribution in [0, 0.1) is 0 Å². The molecule has 9 aromatic rings. The number of hydrogen-bond donors (Lipinski definition) is 0. The summed E-state index contributed by atoms with van der Waals surface area (Å²) < 4.78 is 13.6. The van der Waals surface area contributed by atoms with Crippen molar-refractivity contribution in [2.24, 2.45) is 0 Å². The minimum atomic E-state index is -0.219. The average molecular weight is 891 g/mol. The van der Waals surface area contributed by atoms with Crippen molar-refractivity contribution in [3.8, 4) is 28.4 Å². The molecule has 68 heavy (non-hydrogen) atoms. The van der Waals surface area contributed by atoms with Crippen LogP contribution in [-0.4, -0.2) is 15.6 Å². The largest absolute Gasteiger partial charge is 0.503 e. The molecule has 0 aliphatic carbocycles. The minimum absolute atomic E-state index is 0.00378. The van der Waals surface area contributed by atoms with Crippen LogP contribution in [0.1, 0.15) is 104 Å². The van der Waals surface area contributed by atoms with Gasteiger partial charge in [-0.25, -0.2) is 4.98 Å². The van der Waals surface area contributed by atoms with Crippen LogP contribution in [0.2, 0.25) is 0 Å². The van der Waals surface area contributed by atoms with Gasteiger partial charge in [0, 0.05) is 52.7 Å². The number of fused-ring (bicyclic) bond motifs is 4. The molecule has 10 rings (SSSR count). The third-order valence-electron chi connectivity index (χ3n) is 13.8. The first-order valence-corrected chi connectivity index (χ1v) is 23.9. The average Bonchev–Trinajstić information content (AvgIpc) is 3.87. The molecule has 0 saturated carbocycles. The fraction of sp³-hybridized carbons (Fsp3) is 0.238. The van der Waals surface area contributed by atoms with Gasteiger partial charge >= 0.3 is 11.7 Å². The molecule has 0 unspecified atom stereocenters. The normalized spacial score (nSPS) is 13.2. The van der Waals surface area contributed by atoms with Crippen LogP contribution in [0.4, 0.5) is 22.7 Å². The number of nitrogens with zero attached hydrogens (tertiary/aromatic N) is 4.